The van der Waals surface area contributed by atoms with Gasteiger partial charge < -0.3 is 19.2 Å². The Morgan fingerprint density at radius 2 is 1.88 bits per heavy atom. The molecule has 6 heteroatoms. The molecule has 1 aromatic heterocycles. The predicted molar refractivity (Wildman–Crippen MR) is 92.3 cm³/mol. The molecule has 1 N–H and O–H groups in total. The summed E-state index contributed by atoms with van der Waals surface area (Å²) in [5, 5.41) is 2.82. The molecule has 0 atom stereocenters. The molecule has 1 amide bonds. The molecule has 6 nitrogen and oxygen atoms in total. The van der Waals surface area contributed by atoms with Crippen LogP contribution in [0.3, 0.4) is 0 Å². The molecule has 134 valence electrons. The topological polar surface area (TPSA) is 77.8 Å². The minimum absolute atomic E-state index is 0.206. The first-order chi connectivity index (χ1) is 12.2. The molecule has 2 rings (SSSR count). The van der Waals surface area contributed by atoms with Crippen LogP contribution in [-0.4, -0.2) is 25.5 Å². The number of para-hydroxylation sites is 1. The number of carbonyl (C=O) groups excluding carboxylic acids is 2. The Labute approximate surface area is 147 Å². The molecule has 0 aliphatic carbocycles. The highest BCUT2D eigenvalue weighted by atomic mass is 16.5. The first kappa shape index (κ1) is 18.6. The summed E-state index contributed by atoms with van der Waals surface area (Å²) >= 11 is 0. The van der Waals surface area contributed by atoms with Crippen LogP contribution in [0.1, 0.15) is 41.8 Å². The van der Waals surface area contributed by atoms with Gasteiger partial charge in [-0.2, -0.15) is 0 Å². The number of carbonyl (C=O) groups is 2. The monoisotopic (exact) mass is 345 g/mol. The van der Waals surface area contributed by atoms with E-state index in [1.54, 1.807) is 6.07 Å². The van der Waals surface area contributed by atoms with Crippen molar-refractivity contribution >= 4 is 11.9 Å². The van der Waals surface area contributed by atoms with Gasteiger partial charge in [0, 0.05) is 18.5 Å². The molecule has 25 heavy (non-hydrogen) atoms. The summed E-state index contributed by atoms with van der Waals surface area (Å²) in [7, 11) is 1.38. The highest BCUT2D eigenvalue weighted by Crippen LogP contribution is 2.15. The molecule has 2 aromatic rings. The standard InChI is InChI=1S/C19H23NO5/c1-23-17(21)10-6-3-7-12-20-19(22)18-15(11-13-24-18)14-25-16-8-4-2-5-9-16/h2,4-5,8-9,11,13H,3,6-7,10,12,14H2,1H3,(H,20,22). The van der Waals surface area contributed by atoms with Gasteiger partial charge in [-0.3, -0.25) is 9.59 Å². The zero-order valence-electron chi connectivity index (χ0n) is 14.3. The molecular formula is C19H23NO5. The van der Waals surface area contributed by atoms with E-state index in [0.29, 0.717) is 18.5 Å². The van der Waals surface area contributed by atoms with Crippen LogP contribution in [-0.2, 0) is 16.1 Å². The number of esters is 1. The molecule has 0 spiro atoms. The minimum atomic E-state index is -0.260. The lowest BCUT2D eigenvalue weighted by molar-refractivity contribution is -0.140. The molecule has 1 aromatic carbocycles. The van der Waals surface area contributed by atoms with Gasteiger partial charge in [-0.15, -0.1) is 0 Å². The average molecular weight is 345 g/mol. The number of hydrogen-bond donors (Lipinski definition) is 1. The average Bonchev–Trinajstić information content (AvgIpc) is 3.12. The Balaban J connectivity index is 1.71. The maximum atomic E-state index is 12.2. The summed E-state index contributed by atoms with van der Waals surface area (Å²) in [4.78, 5) is 23.2. The highest BCUT2D eigenvalue weighted by molar-refractivity contribution is 5.92. The third-order valence-corrected chi connectivity index (χ3v) is 3.66. The molecule has 0 unspecified atom stereocenters. The van der Waals surface area contributed by atoms with Gasteiger partial charge in [0.15, 0.2) is 5.76 Å². The summed E-state index contributed by atoms with van der Waals surface area (Å²) in [5.41, 5.74) is 0.701. The molecular weight excluding hydrogens is 322 g/mol. The Morgan fingerprint density at radius 3 is 2.64 bits per heavy atom. The third-order valence-electron chi connectivity index (χ3n) is 3.66. The van der Waals surface area contributed by atoms with E-state index in [4.69, 9.17) is 9.15 Å². The van der Waals surface area contributed by atoms with Crippen LogP contribution in [0.25, 0.3) is 0 Å². The van der Waals surface area contributed by atoms with Crippen LogP contribution in [0.2, 0.25) is 0 Å². The number of unbranched alkanes of at least 4 members (excludes halogenated alkanes) is 2. The van der Waals surface area contributed by atoms with Crippen molar-refractivity contribution < 1.29 is 23.5 Å². The van der Waals surface area contributed by atoms with Crippen molar-refractivity contribution in [1.29, 1.82) is 0 Å². The van der Waals surface area contributed by atoms with Gasteiger partial charge >= 0.3 is 5.97 Å². The first-order valence-electron chi connectivity index (χ1n) is 8.30. The Hall–Kier alpha value is -2.76. The summed E-state index contributed by atoms with van der Waals surface area (Å²) < 4.78 is 15.5. The number of rotatable bonds is 10. The lowest BCUT2D eigenvalue weighted by atomic mass is 10.2. The lowest BCUT2D eigenvalue weighted by Crippen LogP contribution is -2.25. The van der Waals surface area contributed by atoms with Crippen molar-refractivity contribution in [2.45, 2.75) is 32.3 Å². The van der Waals surface area contributed by atoms with Crippen molar-refractivity contribution in [1.82, 2.24) is 5.32 Å². The summed E-state index contributed by atoms with van der Waals surface area (Å²) in [6, 6.07) is 11.1. The number of ether oxygens (including phenoxy) is 2. The fourth-order valence-electron chi connectivity index (χ4n) is 2.28. The first-order valence-corrected chi connectivity index (χ1v) is 8.30. The largest absolute Gasteiger partial charge is 0.489 e. The number of furan rings is 1. The highest BCUT2D eigenvalue weighted by Gasteiger charge is 2.15. The Bertz CT molecular complexity index is 665. The van der Waals surface area contributed by atoms with Gasteiger partial charge in [0.2, 0.25) is 0 Å². The molecule has 0 aliphatic heterocycles. The van der Waals surface area contributed by atoms with E-state index in [1.807, 2.05) is 30.3 Å². The minimum Gasteiger partial charge on any atom is -0.489 e. The van der Waals surface area contributed by atoms with E-state index >= 15 is 0 Å². The predicted octanol–water partition coefficient (Wildman–Crippen LogP) is 3.32. The zero-order chi connectivity index (χ0) is 17.9. The van der Waals surface area contributed by atoms with Crippen molar-refractivity contribution in [3.63, 3.8) is 0 Å². The number of methoxy groups -OCH3 is 1. The van der Waals surface area contributed by atoms with Gasteiger partial charge in [-0.1, -0.05) is 24.6 Å². The normalized spacial score (nSPS) is 10.3. The van der Waals surface area contributed by atoms with Crippen molar-refractivity contribution in [2.24, 2.45) is 0 Å². The fraction of sp³-hybridized carbons (Fsp3) is 0.368. The maximum Gasteiger partial charge on any atom is 0.305 e. The van der Waals surface area contributed by atoms with E-state index in [9.17, 15) is 9.59 Å². The van der Waals surface area contributed by atoms with Crippen LogP contribution < -0.4 is 10.1 Å². The maximum absolute atomic E-state index is 12.2. The molecule has 0 aliphatic rings. The second-order valence-electron chi connectivity index (χ2n) is 5.52. The van der Waals surface area contributed by atoms with Gasteiger partial charge in [0.25, 0.3) is 5.91 Å². The van der Waals surface area contributed by atoms with Crippen LogP contribution in [0.4, 0.5) is 0 Å². The van der Waals surface area contributed by atoms with Gasteiger partial charge in [0.1, 0.15) is 12.4 Å². The van der Waals surface area contributed by atoms with Gasteiger partial charge in [-0.05, 0) is 31.0 Å². The zero-order valence-corrected chi connectivity index (χ0v) is 14.3. The lowest BCUT2D eigenvalue weighted by Gasteiger charge is -2.07. The van der Waals surface area contributed by atoms with E-state index in [2.05, 4.69) is 10.1 Å². The van der Waals surface area contributed by atoms with Gasteiger partial charge in [-0.25, -0.2) is 0 Å². The molecule has 0 fully saturated rings. The van der Waals surface area contributed by atoms with Crippen LogP contribution in [0, 0.1) is 0 Å². The fourth-order valence-corrected chi connectivity index (χ4v) is 2.28. The van der Waals surface area contributed by atoms with Crippen LogP contribution >= 0.6 is 0 Å². The van der Waals surface area contributed by atoms with E-state index in [-0.39, 0.29) is 24.2 Å². The summed E-state index contributed by atoms with van der Waals surface area (Å²) in [5.74, 6) is 0.540. The number of amides is 1. The van der Waals surface area contributed by atoms with Crippen LogP contribution in [0.15, 0.2) is 47.1 Å². The van der Waals surface area contributed by atoms with Crippen molar-refractivity contribution in [3.8, 4) is 5.75 Å². The molecule has 0 saturated carbocycles. The Morgan fingerprint density at radius 1 is 1.08 bits per heavy atom. The molecule has 0 bridgehead atoms. The number of nitrogens with one attached hydrogen (secondary N) is 1. The van der Waals surface area contributed by atoms with E-state index < -0.39 is 0 Å². The Kier molecular flexibility index (Phi) is 7.56. The van der Waals surface area contributed by atoms with E-state index in [1.165, 1.54) is 13.4 Å². The molecule has 1 heterocycles. The summed E-state index contributed by atoms with van der Waals surface area (Å²) in [6.45, 7) is 0.794. The van der Waals surface area contributed by atoms with Gasteiger partial charge in [0.05, 0.1) is 13.4 Å². The smallest absolute Gasteiger partial charge is 0.305 e. The molecule has 0 saturated heterocycles. The van der Waals surface area contributed by atoms with Crippen LogP contribution in [0.5, 0.6) is 5.75 Å². The second-order valence-corrected chi connectivity index (χ2v) is 5.52. The van der Waals surface area contributed by atoms with Crippen molar-refractivity contribution in [2.75, 3.05) is 13.7 Å². The second kappa shape index (κ2) is 10.2. The molecule has 0 radical (unpaired) electrons. The quantitative estimate of drug-likeness (QED) is 0.528. The SMILES string of the molecule is COC(=O)CCCCCNC(=O)c1occc1COc1ccccc1. The number of benzene rings is 1. The van der Waals surface area contributed by atoms with E-state index in [0.717, 1.165) is 25.0 Å². The summed E-state index contributed by atoms with van der Waals surface area (Å²) in [6.07, 6.45) is 4.27. The number of hydrogen-bond acceptors (Lipinski definition) is 5. The third kappa shape index (κ3) is 6.33. The van der Waals surface area contributed by atoms with Crippen molar-refractivity contribution in [3.05, 3.63) is 54.0 Å².